The number of nitrogens with zero attached hydrogens (tertiary/aromatic N) is 1. The lowest BCUT2D eigenvalue weighted by atomic mass is 9.83. The number of hydrogen-bond acceptors (Lipinski definition) is 6. The van der Waals surface area contributed by atoms with Crippen LogP contribution in [0.15, 0.2) is 54.1 Å². The van der Waals surface area contributed by atoms with Crippen molar-refractivity contribution in [2.45, 2.75) is 37.1 Å². The van der Waals surface area contributed by atoms with Gasteiger partial charge >= 0.3 is 0 Å². The van der Waals surface area contributed by atoms with Crippen molar-refractivity contribution in [1.29, 1.82) is 0 Å². The fraction of sp³-hybridized carbons (Fsp3) is 0.391. The van der Waals surface area contributed by atoms with Gasteiger partial charge in [0.05, 0.1) is 19.3 Å². The van der Waals surface area contributed by atoms with Crippen molar-refractivity contribution in [3.63, 3.8) is 0 Å². The number of ether oxygens (including phenoxy) is 3. The third-order valence-electron chi connectivity index (χ3n) is 6.21. The van der Waals surface area contributed by atoms with Gasteiger partial charge in [-0.2, -0.15) is 0 Å². The summed E-state index contributed by atoms with van der Waals surface area (Å²) in [5, 5.41) is 20.6. The van der Waals surface area contributed by atoms with Crippen molar-refractivity contribution in [2.75, 3.05) is 20.4 Å². The van der Waals surface area contributed by atoms with Crippen molar-refractivity contribution < 1.29 is 24.4 Å². The average molecular weight is 395 g/mol. The van der Waals surface area contributed by atoms with Crippen LogP contribution in [0.4, 0.5) is 0 Å². The molecule has 29 heavy (non-hydrogen) atoms. The molecule has 6 heteroatoms. The van der Waals surface area contributed by atoms with Crippen molar-refractivity contribution in [3.05, 3.63) is 65.2 Å². The van der Waals surface area contributed by atoms with E-state index in [1.165, 1.54) is 11.1 Å². The van der Waals surface area contributed by atoms with Crippen LogP contribution in [0.5, 0.6) is 17.2 Å². The Morgan fingerprint density at radius 2 is 1.86 bits per heavy atom. The zero-order valence-electron chi connectivity index (χ0n) is 16.3. The minimum atomic E-state index is -0.821. The van der Waals surface area contributed by atoms with Gasteiger partial charge in [-0.3, -0.25) is 4.90 Å². The second-order valence-corrected chi connectivity index (χ2v) is 7.92. The van der Waals surface area contributed by atoms with E-state index in [9.17, 15) is 10.2 Å². The molecule has 3 aliphatic rings. The van der Waals surface area contributed by atoms with Gasteiger partial charge in [-0.15, -0.1) is 0 Å². The predicted molar refractivity (Wildman–Crippen MR) is 107 cm³/mol. The molecule has 152 valence electrons. The van der Waals surface area contributed by atoms with E-state index in [4.69, 9.17) is 14.2 Å². The summed E-state index contributed by atoms with van der Waals surface area (Å²) in [7, 11) is 1.66. The molecule has 0 radical (unpaired) electrons. The highest BCUT2D eigenvalue weighted by atomic mass is 16.7. The molecule has 0 unspecified atom stereocenters. The summed E-state index contributed by atoms with van der Waals surface area (Å²) in [4.78, 5) is 2.39. The summed E-state index contributed by atoms with van der Waals surface area (Å²) in [5.74, 6) is 2.52. The number of likely N-dealkylation sites (tertiary alicyclic amines) is 1. The summed E-state index contributed by atoms with van der Waals surface area (Å²) in [6.45, 7) is 1.85. The number of rotatable bonds is 4. The molecule has 0 bridgehead atoms. The Bertz CT molecular complexity index is 925. The standard InChI is InChI=1S/C23H25NO5/c1-27-16-5-2-14(3-6-16)11-24-12-18(17-9-20(25)21(26)10-19(17)24)15-4-7-22-23(8-15)29-13-28-22/h2-9,18-21,25-26H,10-13H2,1H3/t18-,19-,20-,21+/m1/s1. The smallest absolute Gasteiger partial charge is 0.231 e. The molecule has 2 N–H and O–H groups in total. The zero-order valence-corrected chi connectivity index (χ0v) is 16.3. The average Bonchev–Trinajstić information content (AvgIpc) is 3.33. The van der Waals surface area contributed by atoms with E-state index in [1.807, 2.05) is 30.3 Å². The first-order valence-corrected chi connectivity index (χ1v) is 9.96. The minimum absolute atomic E-state index is 0.103. The predicted octanol–water partition coefficient (Wildman–Crippen LogP) is 2.44. The molecule has 0 saturated carbocycles. The summed E-state index contributed by atoms with van der Waals surface area (Å²) in [6, 6.07) is 14.3. The lowest BCUT2D eigenvalue weighted by molar-refractivity contribution is 0.0207. The number of hydrogen-bond donors (Lipinski definition) is 2. The van der Waals surface area contributed by atoms with Gasteiger partial charge in [-0.25, -0.2) is 0 Å². The number of aliphatic hydroxyl groups is 2. The number of benzene rings is 2. The Morgan fingerprint density at radius 3 is 2.66 bits per heavy atom. The van der Waals surface area contributed by atoms with Gasteiger partial charge < -0.3 is 24.4 Å². The van der Waals surface area contributed by atoms with Crippen LogP contribution >= 0.6 is 0 Å². The quantitative estimate of drug-likeness (QED) is 0.775. The van der Waals surface area contributed by atoms with E-state index in [2.05, 4.69) is 23.1 Å². The summed E-state index contributed by atoms with van der Waals surface area (Å²) < 4.78 is 16.3. The third kappa shape index (κ3) is 3.37. The first-order valence-electron chi connectivity index (χ1n) is 9.96. The molecule has 1 saturated heterocycles. The Labute approximate surface area is 169 Å². The Balaban J connectivity index is 1.45. The molecule has 2 aromatic rings. The second kappa shape index (κ2) is 7.37. The van der Waals surface area contributed by atoms with Crippen molar-refractivity contribution in [2.24, 2.45) is 0 Å². The second-order valence-electron chi connectivity index (χ2n) is 7.92. The molecule has 0 amide bonds. The van der Waals surface area contributed by atoms with Crippen LogP contribution in [0.25, 0.3) is 0 Å². The van der Waals surface area contributed by atoms with Gasteiger partial charge in [0.25, 0.3) is 0 Å². The number of methoxy groups -OCH3 is 1. The molecule has 1 aliphatic carbocycles. The van der Waals surface area contributed by atoms with Crippen molar-refractivity contribution >= 4 is 0 Å². The van der Waals surface area contributed by atoms with Crippen LogP contribution in [0.1, 0.15) is 23.5 Å². The molecule has 2 aliphatic heterocycles. The largest absolute Gasteiger partial charge is 0.497 e. The fourth-order valence-electron chi connectivity index (χ4n) is 4.67. The Morgan fingerprint density at radius 1 is 1.07 bits per heavy atom. The Kier molecular flexibility index (Phi) is 4.70. The van der Waals surface area contributed by atoms with E-state index in [0.29, 0.717) is 6.42 Å². The van der Waals surface area contributed by atoms with Gasteiger partial charge in [0.15, 0.2) is 11.5 Å². The van der Waals surface area contributed by atoms with Crippen LogP contribution in [0, 0.1) is 0 Å². The number of aliphatic hydroxyl groups excluding tert-OH is 2. The van der Waals surface area contributed by atoms with E-state index in [-0.39, 0.29) is 18.8 Å². The highest BCUT2D eigenvalue weighted by molar-refractivity contribution is 5.49. The van der Waals surface area contributed by atoms with E-state index in [0.717, 1.165) is 35.9 Å². The SMILES string of the molecule is COc1ccc(CN2C[C@H](c3ccc4c(c3)OCO4)C3=C[C@@H](O)[C@@H](O)C[C@H]32)cc1. The molecular formula is C23H25NO5. The molecule has 2 aromatic carbocycles. The summed E-state index contributed by atoms with van der Waals surface area (Å²) in [5.41, 5.74) is 3.51. The molecule has 0 spiro atoms. The molecule has 0 aromatic heterocycles. The lowest BCUT2D eigenvalue weighted by Crippen LogP contribution is -2.40. The number of fused-ring (bicyclic) bond motifs is 2. The highest BCUT2D eigenvalue weighted by Gasteiger charge is 2.42. The molecule has 6 nitrogen and oxygen atoms in total. The van der Waals surface area contributed by atoms with Crippen molar-refractivity contribution in [1.82, 2.24) is 4.90 Å². The van der Waals surface area contributed by atoms with Crippen LogP contribution in [0.2, 0.25) is 0 Å². The van der Waals surface area contributed by atoms with E-state index < -0.39 is 12.2 Å². The van der Waals surface area contributed by atoms with Crippen LogP contribution in [0.3, 0.4) is 0 Å². The normalized spacial score (nSPS) is 28.2. The van der Waals surface area contributed by atoms with Crippen molar-refractivity contribution in [3.8, 4) is 17.2 Å². The van der Waals surface area contributed by atoms with Crippen LogP contribution in [-0.4, -0.2) is 53.8 Å². The fourth-order valence-corrected chi connectivity index (χ4v) is 4.67. The third-order valence-corrected chi connectivity index (χ3v) is 6.21. The maximum Gasteiger partial charge on any atom is 0.231 e. The van der Waals surface area contributed by atoms with E-state index >= 15 is 0 Å². The molecular weight excluding hydrogens is 370 g/mol. The van der Waals surface area contributed by atoms with Gasteiger partial charge in [-0.05, 0) is 47.4 Å². The highest BCUT2D eigenvalue weighted by Crippen LogP contribution is 2.44. The Hall–Kier alpha value is -2.54. The van der Waals surface area contributed by atoms with E-state index in [1.54, 1.807) is 7.11 Å². The van der Waals surface area contributed by atoms with Crippen LogP contribution < -0.4 is 14.2 Å². The molecule has 4 atom stereocenters. The van der Waals surface area contributed by atoms with Crippen LogP contribution in [-0.2, 0) is 6.54 Å². The maximum atomic E-state index is 10.3. The monoisotopic (exact) mass is 395 g/mol. The van der Waals surface area contributed by atoms with Gasteiger partial charge in [0.1, 0.15) is 5.75 Å². The molecule has 1 fully saturated rings. The topological polar surface area (TPSA) is 71.4 Å². The van der Waals surface area contributed by atoms with Gasteiger partial charge in [0.2, 0.25) is 6.79 Å². The maximum absolute atomic E-state index is 10.3. The lowest BCUT2D eigenvalue weighted by Gasteiger charge is -2.32. The van der Waals surface area contributed by atoms with Gasteiger partial charge in [-0.1, -0.05) is 24.3 Å². The van der Waals surface area contributed by atoms with Gasteiger partial charge in [0, 0.05) is 25.0 Å². The first kappa shape index (κ1) is 18.5. The summed E-state index contributed by atoms with van der Waals surface area (Å²) in [6.07, 6.45) is 0.822. The molecule has 5 rings (SSSR count). The zero-order chi connectivity index (χ0) is 20.0. The summed E-state index contributed by atoms with van der Waals surface area (Å²) >= 11 is 0. The molecule has 2 heterocycles. The first-order chi connectivity index (χ1) is 14.1. The minimum Gasteiger partial charge on any atom is -0.497 e.